The summed E-state index contributed by atoms with van der Waals surface area (Å²) in [5.74, 6) is 0.414. The smallest absolute Gasteiger partial charge is 0.314 e. The normalized spacial score (nSPS) is 26.8. The molecule has 134 valence electrons. The van der Waals surface area contributed by atoms with E-state index in [-0.39, 0.29) is 12.0 Å². The molecule has 0 heterocycles. The third kappa shape index (κ3) is 3.44. The molecule has 1 N–H and O–H groups in total. The molecule has 0 saturated heterocycles. The zero-order valence-corrected chi connectivity index (χ0v) is 14.7. The van der Waals surface area contributed by atoms with Crippen LogP contribution in [0.4, 0.5) is 0 Å². The predicted molar refractivity (Wildman–Crippen MR) is 92.8 cm³/mol. The molecule has 0 unspecified atom stereocenters. The first-order chi connectivity index (χ1) is 12.1. The van der Waals surface area contributed by atoms with Crippen molar-refractivity contribution in [3.63, 3.8) is 0 Å². The molecule has 2 saturated carbocycles. The number of benzene rings is 1. The van der Waals surface area contributed by atoms with Crippen LogP contribution in [0, 0.1) is 17.2 Å². The molecule has 2 aliphatic rings. The van der Waals surface area contributed by atoms with Gasteiger partial charge in [-0.15, -0.1) is 0 Å². The fourth-order valence-electron chi connectivity index (χ4n) is 4.12. The van der Waals surface area contributed by atoms with E-state index in [2.05, 4.69) is 6.07 Å². The molecule has 0 atom stereocenters. The molecule has 3 rings (SSSR count). The number of nitrogens with zero attached hydrogens (tertiary/aromatic N) is 1. The lowest BCUT2D eigenvalue weighted by Gasteiger charge is -2.35. The number of nitriles is 1. The zero-order valence-electron chi connectivity index (χ0n) is 14.7. The summed E-state index contributed by atoms with van der Waals surface area (Å²) in [7, 11) is 1.60. The van der Waals surface area contributed by atoms with E-state index in [1.165, 1.54) is 12.8 Å². The highest BCUT2D eigenvalue weighted by Gasteiger charge is 2.44. The second-order valence-corrected chi connectivity index (χ2v) is 7.18. The second kappa shape index (κ2) is 7.35. The standard InChI is InChI=1S/C20H25NO4/c1-24-17-7-6-15(12-18(17)25-16-4-2-3-5-16)20(19(22)23)10-8-14(13-21)9-11-20/h6-7,12,14,16H,2-5,8-11H2,1H3,(H,22,23). The summed E-state index contributed by atoms with van der Waals surface area (Å²) in [5.41, 5.74) is -0.182. The van der Waals surface area contributed by atoms with Gasteiger partial charge >= 0.3 is 5.97 Å². The number of carboxylic acid groups (broad SMARTS) is 1. The van der Waals surface area contributed by atoms with E-state index < -0.39 is 11.4 Å². The Morgan fingerprint density at radius 2 is 1.88 bits per heavy atom. The predicted octanol–water partition coefficient (Wildman–Crippen LogP) is 4.05. The molecular weight excluding hydrogens is 318 g/mol. The van der Waals surface area contributed by atoms with Gasteiger partial charge in [0.2, 0.25) is 0 Å². The number of carbonyl (C=O) groups is 1. The van der Waals surface area contributed by atoms with Crippen LogP contribution in [0.3, 0.4) is 0 Å². The number of ether oxygens (including phenoxy) is 2. The first kappa shape index (κ1) is 17.6. The van der Waals surface area contributed by atoms with E-state index >= 15 is 0 Å². The summed E-state index contributed by atoms with van der Waals surface area (Å²) >= 11 is 0. The van der Waals surface area contributed by atoms with Gasteiger partial charge in [-0.1, -0.05) is 6.07 Å². The lowest BCUT2D eigenvalue weighted by Crippen LogP contribution is -2.39. The Balaban J connectivity index is 1.91. The second-order valence-electron chi connectivity index (χ2n) is 7.18. The van der Waals surface area contributed by atoms with Crippen LogP contribution in [-0.4, -0.2) is 24.3 Å². The Bertz CT molecular complexity index is 665. The van der Waals surface area contributed by atoms with Crippen molar-refractivity contribution in [2.75, 3.05) is 7.11 Å². The SMILES string of the molecule is COc1ccc(C2(C(=O)O)CCC(C#N)CC2)cc1OC1CCCC1. The van der Waals surface area contributed by atoms with E-state index in [1.807, 2.05) is 12.1 Å². The Labute approximate surface area is 148 Å². The molecule has 0 bridgehead atoms. The van der Waals surface area contributed by atoms with Gasteiger partial charge in [-0.2, -0.15) is 5.26 Å². The quantitative estimate of drug-likeness (QED) is 0.872. The fraction of sp³-hybridized carbons (Fsp3) is 0.600. The maximum atomic E-state index is 12.1. The number of carboxylic acids is 1. The molecule has 0 aromatic heterocycles. The number of rotatable bonds is 5. The molecule has 0 aliphatic heterocycles. The van der Waals surface area contributed by atoms with Crippen LogP contribution in [0.1, 0.15) is 56.9 Å². The molecule has 2 fully saturated rings. The molecule has 1 aromatic carbocycles. The molecule has 0 radical (unpaired) electrons. The van der Waals surface area contributed by atoms with Gasteiger partial charge in [-0.25, -0.2) is 0 Å². The molecular formula is C20H25NO4. The average Bonchev–Trinajstić information content (AvgIpc) is 3.14. The molecule has 5 nitrogen and oxygen atoms in total. The van der Waals surface area contributed by atoms with Gasteiger partial charge in [0.15, 0.2) is 11.5 Å². The molecule has 0 amide bonds. The summed E-state index contributed by atoms with van der Waals surface area (Å²) in [6.07, 6.45) is 6.78. The van der Waals surface area contributed by atoms with Gasteiger partial charge in [-0.3, -0.25) is 4.79 Å². The van der Waals surface area contributed by atoms with Crippen molar-refractivity contribution in [1.82, 2.24) is 0 Å². The highest BCUT2D eigenvalue weighted by molar-refractivity contribution is 5.82. The molecule has 1 aromatic rings. The van der Waals surface area contributed by atoms with Crippen molar-refractivity contribution in [3.05, 3.63) is 23.8 Å². The van der Waals surface area contributed by atoms with Crippen LogP contribution < -0.4 is 9.47 Å². The third-order valence-corrected chi connectivity index (χ3v) is 5.74. The monoisotopic (exact) mass is 343 g/mol. The largest absolute Gasteiger partial charge is 0.493 e. The van der Waals surface area contributed by atoms with Gasteiger partial charge in [0, 0.05) is 5.92 Å². The van der Waals surface area contributed by atoms with E-state index in [4.69, 9.17) is 14.7 Å². The van der Waals surface area contributed by atoms with Crippen molar-refractivity contribution in [2.24, 2.45) is 5.92 Å². The highest BCUT2D eigenvalue weighted by atomic mass is 16.5. The van der Waals surface area contributed by atoms with Crippen LogP contribution in [0.15, 0.2) is 18.2 Å². The van der Waals surface area contributed by atoms with Crippen molar-refractivity contribution >= 4 is 5.97 Å². The minimum absolute atomic E-state index is 0.0417. The number of aliphatic carboxylic acids is 1. The maximum Gasteiger partial charge on any atom is 0.314 e. The topological polar surface area (TPSA) is 79.5 Å². The van der Waals surface area contributed by atoms with Gasteiger partial charge < -0.3 is 14.6 Å². The lowest BCUT2D eigenvalue weighted by molar-refractivity contribution is -0.145. The fourth-order valence-corrected chi connectivity index (χ4v) is 4.12. The van der Waals surface area contributed by atoms with Crippen LogP contribution in [-0.2, 0) is 10.2 Å². The molecule has 0 spiro atoms. The number of hydrogen-bond acceptors (Lipinski definition) is 4. The van der Waals surface area contributed by atoms with Crippen LogP contribution in [0.2, 0.25) is 0 Å². The van der Waals surface area contributed by atoms with Crippen molar-refractivity contribution < 1.29 is 19.4 Å². The van der Waals surface area contributed by atoms with Crippen LogP contribution in [0.5, 0.6) is 11.5 Å². The van der Waals surface area contributed by atoms with E-state index in [9.17, 15) is 9.90 Å². The Morgan fingerprint density at radius 3 is 2.44 bits per heavy atom. The molecule has 5 heteroatoms. The first-order valence-corrected chi connectivity index (χ1v) is 9.07. The molecule has 25 heavy (non-hydrogen) atoms. The number of hydrogen-bond donors (Lipinski definition) is 1. The lowest BCUT2D eigenvalue weighted by atomic mass is 9.67. The van der Waals surface area contributed by atoms with Crippen LogP contribution in [0.25, 0.3) is 0 Å². The van der Waals surface area contributed by atoms with Crippen molar-refractivity contribution in [1.29, 1.82) is 5.26 Å². The summed E-state index contributed by atoms with van der Waals surface area (Å²) in [6, 6.07) is 7.76. The maximum absolute atomic E-state index is 12.1. The minimum atomic E-state index is -0.937. The summed E-state index contributed by atoms with van der Waals surface area (Å²) in [4.78, 5) is 12.1. The summed E-state index contributed by atoms with van der Waals surface area (Å²) in [6.45, 7) is 0. The minimum Gasteiger partial charge on any atom is -0.493 e. The Morgan fingerprint density at radius 1 is 1.20 bits per heavy atom. The van der Waals surface area contributed by atoms with Crippen molar-refractivity contribution in [3.8, 4) is 17.6 Å². The summed E-state index contributed by atoms with van der Waals surface area (Å²) < 4.78 is 11.5. The van der Waals surface area contributed by atoms with E-state index in [0.717, 1.165) is 18.4 Å². The van der Waals surface area contributed by atoms with Crippen LogP contribution >= 0.6 is 0 Å². The van der Waals surface area contributed by atoms with E-state index in [0.29, 0.717) is 37.2 Å². The van der Waals surface area contributed by atoms with E-state index in [1.54, 1.807) is 13.2 Å². The van der Waals surface area contributed by atoms with Gasteiger partial charge in [0.1, 0.15) is 0 Å². The van der Waals surface area contributed by atoms with Gasteiger partial charge in [-0.05, 0) is 69.1 Å². The Hall–Kier alpha value is -2.22. The molecule has 2 aliphatic carbocycles. The summed E-state index contributed by atoms with van der Waals surface area (Å²) in [5, 5.41) is 19.1. The van der Waals surface area contributed by atoms with Gasteiger partial charge in [0.25, 0.3) is 0 Å². The highest BCUT2D eigenvalue weighted by Crippen LogP contribution is 2.44. The Kier molecular flexibility index (Phi) is 5.17. The number of methoxy groups -OCH3 is 1. The first-order valence-electron chi connectivity index (χ1n) is 9.07. The third-order valence-electron chi connectivity index (χ3n) is 5.74. The van der Waals surface area contributed by atoms with Crippen molar-refractivity contribution in [2.45, 2.75) is 62.9 Å². The zero-order chi connectivity index (χ0) is 17.9. The van der Waals surface area contributed by atoms with Gasteiger partial charge in [0.05, 0.1) is 24.7 Å². The average molecular weight is 343 g/mol.